The minimum atomic E-state index is -0.626. The van der Waals surface area contributed by atoms with E-state index in [9.17, 15) is 19.7 Å². The molecule has 8 nitrogen and oxygen atoms in total. The molecular weight excluding hydrogens is 412 g/mol. The lowest BCUT2D eigenvalue weighted by Gasteiger charge is -2.19. The molecule has 0 N–H and O–H groups in total. The lowest BCUT2D eigenvalue weighted by molar-refractivity contribution is -0.385. The van der Waals surface area contributed by atoms with Crippen molar-refractivity contribution in [2.24, 2.45) is 0 Å². The lowest BCUT2D eigenvalue weighted by Crippen LogP contribution is -2.24. The average molecular weight is 436 g/mol. The molecule has 0 fully saturated rings. The average Bonchev–Trinajstić information content (AvgIpc) is 2.99. The fourth-order valence-electron chi connectivity index (χ4n) is 3.56. The van der Waals surface area contributed by atoms with Crippen LogP contribution >= 0.6 is 0 Å². The van der Waals surface area contributed by atoms with E-state index in [0.29, 0.717) is 16.9 Å². The van der Waals surface area contributed by atoms with Crippen molar-refractivity contribution in [1.82, 2.24) is 0 Å². The van der Waals surface area contributed by atoms with Gasteiger partial charge in [-0.3, -0.25) is 19.8 Å². The van der Waals surface area contributed by atoms with Gasteiger partial charge in [0, 0.05) is 17.5 Å². The topological polar surface area (TPSA) is 99.0 Å². The number of aryl methyl sites for hydroxylation is 2. The first-order chi connectivity index (χ1) is 15.2. The molecule has 0 unspecified atom stereocenters. The van der Waals surface area contributed by atoms with E-state index in [1.165, 1.54) is 30.2 Å². The predicted molar refractivity (Wildman–Crippen MR) is 120 cm³/mol. The molecule has 0 aliphatic carbocycles. The number of nitro groups is 1. The molecule has 2 aromatic rings. The highest BCUT2D eigenvalue weighted by Gasteiger charge is 2.38. The molecule has 166 valence electrons. The molecule has 0 spiro atoms. The molecule has 0 bridgehead atoms. The summed E-state index contributed by atoms with van der Waals surface area (Å²) in [6, 6.07) is 9.93. The number of carbonyl (C=O) groups is 2. The van der Waals surface area contributed by atoms with Gasteiger partial charge < -0.3 is 9.47 Å². The standard InChI is InChI=1S/C24H24N2O6/c1-6-32-24(28)22-16(4)25(18-9-7-14(2)15(3)11-18)23(27)19(22)12-17-8-10-21(31-5)20(13-17)26(29)30/h7-13H,6H2,1-5H3/b19-12-. The number of hydrogen-bond acceptors (Lipinski definition) is 6. The number of allylic oxidation sites excluding steroid dienone is 1. The van der Waals surface area contributed by atoms with E-state index in [1.807, 2.05) is 32.0 Å². The maximum atomic E-state index is 13.4. The number of esters is 1. The highest BCUT2D eigenvalue weighted by atomic mass is 16.6. The van der Waals surface area contributed by atoms with Crippen molar-refractivity contribution in [2.75, 3.05) is 18.6 Å². The molecule has 1 amide bonds. The number of nitrogens with zero attached hydrogens (tertiary/aromatic N) is 2. The molecule has 32 heavy (non-hydrogen) atoms. The van der Waals surface area contributed by atoms with E-state index < -0.39 is 16.8 Å². The molecule has 3 rings (SSSR count). The minimum absolute atomic E-state index is 0.101. The van der Waals surface area contributed by atoms with Crippen molar-refractivity contribution < 1.29 is 24.0 Å². The van der Waals surface area contributed by atoms with Crippen LogP contribution in [-0.4, -0.2) is 30.5 Å². The second kappa shape index (κ2) is 9.05. The summed E-state index contributed by atoms with van der Waals surface area (Å²) in [5, 5.41) is 11.4. The quantitative estimate of drug-likeness (QED) is 0.286. The van der Waals surface area contributed by atoms with Crippen molar-refractivity contribution in [3.63, 3.8) is 0 Å². The largest absolute Gasteiger partial charge is 0.490 e. The van der Waals surface area contributed by atoms with E-state index >= 15 is 0 Å². The van der Waals surface area contributed by atoms with E-state index in [-0.39, 0.29) is 29.2 Å². The third-order valence-electron chi connectivity index (χ3n) is 5.34. The van der Waals surface area contributed by atoms with E-state index in [0.717, 1.165) is 11.1 Å². The summed E-state index contributed by atoms with van der Waals surface area (Å²) >= 11 is 0. The highest BCUT2D eigenvalue weighted by Crippen LogP contribution is 2.37. The van der Waals surface area contributed by atoms with Gasteiger partial charge in [-0.15, -0.1) is 0 Å². The maximum absolute atomic E-state index is 13.4. The molecule has 0 aromatic heterocycles. The maximum Gasteiger partial charge on any atom is 0.340 e. The van der Waals surface area contributed by atoms with Gasteiger partial charge >= 0.3 is 11.7 Å². The summed E-state index contributed by atoms with van der Waals surface area (Å²) in [6.07, 6.45) is 1.46. The SMILES string of the molecule is CCOC(=O)C1=C(C)N(c2ccc(C)c(C)c2)C(=O)/C1=C\c1ccc(OC)c([N+](=O)[O-])c1. The van der Waals surface area contributed by atoms with Crippen LogP contribution in [0.1, 0.15) is 30.5 Å². The van der Waals surface area contributed by atoms with Crippen molar-refractivity contribution >= 4 is 29.3 Å². The van der Waals surface area contributed by atoms with Crippen molar-refractivity contribution in [3.8, 4) is 5.75 Å². The van der Waals surface area contributed by atoms with Crippen LogP contribution in [0.25, 0.3) is 6.08 Å². The molecule has 1 aliphatic heterocycles. The Morgan fingerprint density at radius 2 is 1.84 bits per heavy atom. The number of benzene rings is 2. The van der Waals surface area contributed by atoms with Crippen molar-refractivity contribution in [1.29, 1.82) is 0 Å². The fourth-order valence-corrected chi connectivity index (χ4v) is 3.56. The molecule has 8 heteroatoms. The molecule has 1 aliphatic rings. The van der Waals surface area contributed by atoms with E-state index in [4.69, 9.17) is 9.47 Å². The summed E-state index contributed by atoms with van der Waals surface area (Å²) in [5.74, 6) is -0.935. The zero-order valence-corrected chi connectivity index (χ0v) is 18.6. The molecule has 0 saturated heterocycles. The highest BCUT2D eigenvalue weighted by molar-refractivity contribution is 6.23. The molecular formula is C24H24N2O6. The van der Waals surface area contributed by atoms with Crippen LogP contribution in [-0.2, 0) is 14.3 Å². The van der Waals surface area contributed by atoms with E-state index in [1.54, 1.807) is 19.9 Å². The van der Waals surface area contributed by atoms with Gasteiger partial charge in [0.2, 0.25) is 0 Å². The van der Waals surface area contributed by atoms with Gasteiger partial charge in [-0.05, 0) is 68.7 Å². The smallest absolute Gasteiger partial charge is 0.340 e. The monoisotopic (exact) mass is 436 g/mol. The number of rotatable bonds is 6. The first-order valence-corrected chi connectivity index (χ1v) is 10.0. The van der Waals surface area contributed by atoms with Gasteiger partial charge in [0.15, 0.2) is 5.75 Å². The zero-order chi connectivity index (χ0) is 23.6. The van der Waals surface area contributed by atoms with Crippen LogP contribution in [0.3, 0.4) is 0 Å². The second-order valence-electron chi connectivity index (χ2n) is 7.34. The second-order valence-corrected chi connectivity index (χ2v) is 7.34. The Bertz CT molecular complexity index is 1180. The Labute approximate surface area is 185 Å². The molecule has 0 atom stereocenters. The first-order valence-electron chi connectivity index (χ1n) is 10.0. The predicted octanol–water partition coefficient (Wildman–Crippen LogP) is 4.49. The molecule has 2 aromatic carbocycles. The summed E-state index contributed by atoms with van der Waals surface area (Å²) in [5.41, 5.74) is 3.53. The number of hydrogen-bond donors (Lipinski definition) is 0. The zero-order valence-electron chi connectivity index (χ0n) is 18.6. The number of carbonyl (C=O) groups excluding carboxylic acids is 2. The number of nitro benzene ring substituents is 1. The van der Waals surface area contributed by atoms with Gasteiger partial charge in [0.05, 0.1) is 29.8 Å². The van der Waals surface area contributed by atoms with Crippen LogP contribution in [0, 0.1) is 24.0 Å². The Kier molecular flexibility index (Phi) is 6.43. The lowest BCUT2D eigenvalue weighted by atomic mass is 10.0. The van der Waals surface area contributed by atoms with Crippen LogP contribution < -0.4 is 9.64 Å². The number of ether oxygens (including phenoxy) is 2. The first kappa shape index (κ1) is 22.7. The van der Waals surface area contributed by atoms with Crippen molar-refractivity contribution in [3.05, 3.63) is 80.0 Å². The third-order valence-corrected chi connectivity index (χ3v) is 5.34. The summed E-state index contributed by atoms with van der Waals surface area (Å²) in [4.78, 5) is 38.5. The third kappa shape index (κ3) is 4.12. The van der Waals surface area contributed by atoms with Crippen LogP contribution in [0.15, 0.2) is 53.2 Å². The number of anilines is 1. The van der Waals surface area contributed by atoms with Crippen molar-refractivity contribution in [2.45, 2.75) is 27.7 Å². The fraction of sp³-hybridized carbons (Fsp3) is 0.250. The summed E-state index contributed by atoms with van der Waals surface area (Å²) < 4.78 is 10.2. The van der Waals surface area contributed by atoms with Gasteiger partial charge in [0.1, 0.15) is 0 Å². The Morgan fingerprint density at radius 3 is 2.44 bits per heavy atom. The molecule has 0 radical (unpaired) electrons. The molecule has 1 heterocycles. The molecule has 0 saturated carbocycles. The summed E-state index contributed by atoms with van der Waals surface area (Å²) in [6.45, 7) is 7.42. The van der Waals surface area contributed by atoms with Crippen LogP contribution in [0.5, 0.6) is 5.75 Å². The summed E-state index contributed by atoms with van der Waals surface area (Å²) in [7, 11) is 1.34. The van der Waals surface area contributed by atoms with Gasteiger partial charge in [0.25, 0.3) is 5.91 Å². The normalized spacial score (nSPS) is 14.8. The van der Waals surface area contributed by atoms with Crippen LogP contribution in [0.4, 0.5) is 11.4 Å². The Hall–Kier alpha value is -3.94. The van der Waals surface area contributed by atoms with Gasteiger partial charge in [-0.2, -0.15) is 0 Å². The van der Waals surface area contributed by atoms with Gasteiger partial charge in [-0.1, -0.05) is 12.1 Å². The Balaban J connectivity index is 2.16. The number of amides is 1. The number of methoxy groups -OCH3 is 1. The van der Waals surface area contributed by atoms with Crippen LogP contribution in [0.2, 0.25) is 0 Å². The van der Waals surface area contributed by atoms with E-state index in [2.05, 4.69) is 0 Å². The van der Waals surface area contributed by atoms with Gasteiger partial charge in [-0.25, -0.2) is 4.79 Å². The Morgan fingerprint density at radius 1 is 1.12 bits per heavy atom. The minimum Gasteiger partial charge on any atom is -0.490 e.